The minimum atomic E-state index is -0.540. The van der Waals surface area contributed by atoms with Crippen molar-refractivity contribution in [2.24, 2.45) is 5.10 Å². The molecule has 0 saturated heterocycles. The van der Waals surface area contributed by atoms with E-state index in [4.69, 9.17) is 4.74 Å². The highest BCUT2D eigenvalue weighted by molar-refractivity contribution is 7.13. The number of nitrogens with one attached hydrogen (secondary N) is 1. The van der Waals surface area contributed by atoms with E-state index in [0.29, 0.717) is 5.75 Å². The van der Waals surface area contributed by atoms with Crippen LogP contribution in [0.25, 0.3) is 0 Å². The summed E-state index contributed by atoms with van der Waals surface area (Å²) in [5, 5.41) is 6.75. The number of ether oxygens (including phenoxy) is 1. The molecule has 126 valence electrons. The number of thiazole rings is 1. The lowest BCUT2D eigenvalue weighted by molar-refractivity contribution is 0.0734. The fraction of sp³-hybridized carbons (Fsp3) is 0.0556. The molecule has 0 bridgehead atoms. The first-order valence-electron chi connectivity index (χ1n) is 7.39. The summed E-state index contributed by atoms with van der Waals surface area (Å²) in [6.07, 6.45) is 1.64. The van der Waals surface area contributed by atoms with Gasteiger partial charge in [0.2, 0.25) is 5.13 Å². The average molecular weight is 355 g/mol. The summed E-state index contributed by atoms with van der Waals surface area (Å²) < 4.78 is 18.1. The van der Waals surface area contributed by atoms with Crippen molar-refractivity contribution < 1.29 is 13.9 Å². The molecule has 1 aromatic heterocycles. The predicted octanol–water partition coefficient (Wildman–Crippen LogP) is 4.26. The van der Waals surface area contributed by atoms with Crippen LogP contribution in [0.5, 0.6) is 5.75 Å². The van der Waals surface area contributed by atoms with Crippen LogP contribution in [0.3, 0.4) is 0 Å². The minimum absolute atomic E-state index is 0.287. The first-order valence-corrected chi connectivity index (χ1v) is 8.27. The Morgan fingerprint density at radius 1 is 1.20 bits per heavy atom. The summed E-state index contributed by atoms with van der Waals surface area (Å²) in [5.41, 5.74) is 4.91. The number of hydrogen-bond acceptors (Lipinski definition) is 6. The van der Waals surface area contributed by atoms with Gasteiger partial charge in [-0.15, -0.1) is 11.3 Å². The third kappa shape index (κ3) is 4.71. The maximum atomic E-state index is 12.9. The largest absolute Gasteiger partial charge is 0.423 e. The Bertz CT molecular complexity index is 889. The summed E-state index contributed by atoms with van der Waals surface area (Å²) in [5.74, 6) is -0.543. The van der Waals surface area contributed by atoms with Crippen molar-refractivity contribution in [2.45, 2.75) is 6.92 Å². The maximum absolute atomic E-state index is 12.9. The number of halogens is 1. The van der Waals surface area contributed by atoms with Gasteiger partial charge in [0.25, 0.3) is 0 Å². The highest BCUT2D eigenvalue weighted by atomic mass is 32.1. The number of nitrogens with zero attached hydrogens (tertiary/aromatic N) is 2. The van der Waals surface area contributed by atoms with Gasteiger partial charge in [-0.1, -0.05) is 0 Å². The lowest BCUT2D eigenvalue weighted by Gasteiger charge is -2.04. The van der Waals surface area contributed by atoms with Crippen LogP contribution < -0.4 is 10.2 Å². The third-order valence-electron chi connectivity index (χ3n) is 3.16. The Morgan fingerprint density at radius 2 is 1.92 bits per heavy atom. The molecule has 2 aromatic carbocycles. The fourth-order valence-corrected chi connectivity index (χ4v) is 2.58. The Labute approximate surface area is 147 Å². The van der Waals surface area contributed by atoms with Gasteiger partial charge in [0.1, 0.15) is 11.6 Å². The third-order valence-corrected chi connectivity index (χ3v) is 4.03. The molecule has 7 heteroatoms. The van der Waals surface area contributed by atoms with Crippen molar-refractivity contribution in [1.29, 1.82) is 0 Å². The van der Waals surface area contributed by atoms with Gasteiger partial charge < -0.3 is 4.74 Å². The summed E-state index contributed by atoms with van der Waals surface area (Å²) in [6, 6.07) is 12.1. The highest BCUT2D eigenvalue weighted by Gasteiger charge is 2.08. The van der Waals surface area contributed by atoms with E-state index in [0.717, 1.165) is 16.4 Å². The molecule has 0 aliphatic heterocycles. The molecule has 1 heterocycles. The molecule has 25 heavy (non-hydrogen) atoms. The number of anilines is 1. The quantitative estimate of drug-likeness (QED) is 0.321. The first-order chi connectivity index (χ1) is 12.1. The molecule has 0 aliphatic carbocycles. The second-order valence-electron chi connectivity index (χ2n) is 5.13. The van der Waals surface area contributed by atoms with E-state index in [1.165, 1.54) is 35.6 Å². The molecular weight excluding hydrogens is 341 g/mol. The highest BCUT2D eigenvalue weighted by Crippen LogP contribution is 2.15. The summed E-state index contributed by atoms with van der Waals surface area (Å²) in [7, 11) is 0. The van der Waals surface area contributed by atoms with Crippen molar-refractivity contribution in [3.63, 3.8) is 0 Å². The second-order valence-corrected chi connectivity index (χ2v) is 5.99. The van der Waals surface area contributed by atoms with Crippen LogP contribution in [-0.4, -0.2) is 17.2 Å². The van der Waals surface area contributed by atoms with Crippen LogP contribution in [0.15, 0.2) is 59.0 Å². The molecule has 0 atom stereocenters. The van der Waals surface area contributed by atoms with Crippen LogP contribution in [0.2, 0.25) is 0 Å². The number of aromatic nitrogens is 1. The topological polar surface area (TPSA) is 63.6 Å². The SMILES string of the molecule is Cc1csc(N/N=C\c2ccc(OC(=O)c3ccc(F)cc3)cc2)n1. The molecule has 1 N–H and O–H groups in total. The van der Waals surface area contributed by atoms with Crippen LogP contribution in [0, 0.1) is 12.7 Å². The molecule has 0 aliphatic rings. The normalized spacial score (nSPS) is 10.8. The number of carbonyl (C=O) groups is 1. The number of carbonyl (C=O) groups excluding carboxylic acids is 1. The molecule has 0 unspecified atom stereocenters. The molecule has 0 radical (unpaired) electrons. The number of esters is 1. The Morgan fingerprint density at radius 3 is 2.56 bits per heavy atom. The van der Waals surface area contributed by atoms with E-state index in [9.17, 15) is 9.18 Å². The second kappa shape index (κ2) is 7.67. The van der Waals surface area contributed by atoms with E-state index in [1.807, 2.05) is 12.3 Å². The molecule has 3 aromatic rings. The van der Waals surface area contributed by atoms with Crippen molar-refractivity contribution in [3.05, 3.63) is 76.5 Å². The summed E-state index contributed by atoms with van der Waals surface area (Å²) in [6.45, 7) is 1.91. The lowest BCUT2D eigenvalue weighted by atomic mass is 10.2. The van der Waals surface area contributed by atoms with Gasteiger partial charge >= 0.3 is 5.97 Å². The van der Waals surface area contributed by atoms with Gasteiger partial charge in [0.15, 0.2) is 0 Å². The smallest absolute Gasteiger partial charge is 0.343 e. The van der Waals surface area contributed by atoms with Crippen molar-refractivity contribution in [2.75, 3.05) is 5.43 Å². The van der Waals surface area contributed by atoms with Gasteiger partial charge in [0, 0.05) is 5.38 Å². The van der Waals surface area contributed by atoms with Crippen LogP contribution in [-0.2, 0) is 0 Å². The number of rotatable bonds is 5. The maximum Gasteiger partial charge on any atom is 0.343 e. The molecule has 5 nitrogen and oxygen atoms in total. The molecule has 0 spiro atoms. The lowest BCUT2D eigenvalue weighted by Crippen LogP contribution is -2.08. The van der Waals surface area contributed by atoms with E-state index in [-0.39, 0.29) is 5.56 Å². The summed E-state index contributed by atoms with van der Waals surface area (Å²) in [4.78, 5) is 16.2. The van der Waals surface area contributed by atoms with E-state index < -0.39 is 11.8 Å². The standard InChI is InChI=1S/C18H14FN3O2S/c1-12-11-25-18(21-12)22-20-10-13-2-8-16(9-3-13)24-17(23)14-4-6-15(19)7-5-14/h2-11H,1H3,(H,21,22)/b20-10-. The number of hydrogen-bond donors (Lipinski definition) is 1. The summed E-state index contributed by atoms with van der Waals surface area (Å²) >= 11 is 1.48. The molecule has 0 fully saturated rings. The van der Waals surface area contributed by atoms with Crippen molar-refractivity contribution in [3.8, 4) is 5.75 Å². The average Bonchev–Trinajstić information content (AvgIpc) is 3.02. The first kappa shape index (κ1) is 16.8. The zero-order valence-electron chi connectivity index (χ0n) is 13.3. The van der Waals surface area contributed by atoms with Gasteiger partial charge in [0.05, 0.1) is 17.5 Å². The fourth-order valence-electron chi connectivity index (χ4n) is 1.94. The van der Waals surface area contributed by atoms with Crippen LogP contribution in [0.4, 0.5) is 9.52 Å². The van der Waals surface area contributed by atoms with Gasteiger partial charge in [-0.05, 0) is 61.0 Å². The van der Waals surface area contributed by atoms with E-state index >= 15 is 0 Å². The van der Waals surface area contributed by atoms with Gasteiger partial charge in [-0.3, -0.25) is 5.43 Å². The van der Waals surface area contributed by atoms with Crippen LogP contribution >= 0.6 is 11.3 Å². The Balaban J connectivity index is 1.58. The van der Waals surface area contributed by atoms with E-state index in [1.54, 1.807) is 30.5 Å². The van der Waals surface area contributed by atoms with Gasteiger partial charge in [-0.2, -0.15) is 5.10 Å². The molecule has 3 rings (SSSR count). The van der Waals surface area contributed by atoms with Crippen molar-refractivity contribution in [1.82, 2.24) is 4.98 Å². The predicted molar refractivity (Wildman–Crippen MR) is 95.9 cm³/mol. The van der Waals surface area contributed by atoms with Crippen LogP contribution in [0.1, 0.15) is 21.6 Å². The number of hydrazone groups is 1. The Hall–Kier alpha value is -3.06. The number of aryl methyl sites for hydroxylation is 1. The molecule has 0 saturated carbocycles. The van der Waals surface area contributed by atoms with Gasteiger partial charge in [-0.25, -0.2) is 14.2 Å². The zero-order chi connectivity index (χ0) is 17.6. The zero-order valence-corrected chi connectivity index (χ0v) is 14.1. The monoisotopic (exact) mass is 355 g/mol. The molecular formula is C18H14FN3O2S. The minimum Gasteiger partial charge on any atom is -0.423 e. The number of benzene rings is 2. The Kier molecular flexibility index (Phi) is 5.15. The van der Waals surface area contributed by atoms with Crippen molar-refractivity contribution >= 4 is 28.7 Å². The molecule has 0 amide bonds. The van der Waals surface area contributed by atoms with E-state index in [2.05, 4.69) is 15.5 Å².